The molecular weight excluding hydrogens is 270 g/mol. The van der Waals surface area contributed by atoms with Crippen molar-refractivity contribution in [1.29, 1.82) is 0 Å². The molecule has 0 aliphatic carbocycles. The van der Waals surface area contributed by atoms with Crippen molar-refractivity contribution in [1.82, 2.24) is 4.98 Å². The normalized spacial score (nSPS) is 10.0. The van der Waals surface area contributed by atoms with Gasteiger partial charge in [-0.05, 0) is 31.2 Å². The minimum atomic E-state index is -1.05. The number of benzene rings is 1. The van der Waals surface area contributed by atoms with E-state index in [1.165, 1.54) is 13.1 Å². The second-order valence-electron chi connectivity index (χ2n) is 4.56. The van der Waals surface area contributed by atoms with E-state index in [0.717, 1.165) is 0 Å². The fraction of sp³-hybridized carbons (Fsp3) is 0.133. The molecule has 1 amide bonds. The number of hydrogen-bond donors (Lipinski definition) is 3. The number of pyridine rings is 1. The molecule has 6 nitrogen and oxygen atoms in total. The summed E-state index contributed by atoms with van der Waals surface area (Å²) in [5, 5.41) is 14.9. The number of carboxylic acids is 1. The van der Waals surface area contributed by atoms with E-state index in [1.54, 1.807) is 37.3 Å². The minimum absolute atomic E-state index is 0.0885. The minimum Gasteiger partial charge on any atom is -0.478 e. The van der Waals surface area contributed by atoms with Gasteiger partial charge in [-0.3, -0.25) is 9.78 Å². The summed E-state index contributed by atoms with van der Waals surface area (Å²) >= 11 is 0. The highest BCUT2D eigenvalue weighted by molar-refractivity contribution is 5.95. The van der Waals surface area contributed by atoms with Crippen LogP contribution < -0.4 is 10.6 Å². The molecule has 0 saturated heterocycles. The molecule has 1 heterocycles. The molecule has 0 atom stereocenters. The average Bonchev–Trinajstić information content (AvgIpc) is 2.38. The fourth-order valence-corrected chi connectivity index (χ4v) is 1.87. The van der Waals surface area contributed by atoms with Crippen molar-refractivity contribution in [2.24, 2.45) is 0 Å². The Morgan fingerprint density at radius 1 is 1.19 bits per heavy atom. The van der Waals surface area contributed by atoms with Crippen LogP contribution in [0.25, 0.3) is 0 Å². The first-order valence-corrected chi connectivity index (χ1v) is 6.30. The van der Waals surface area contributed by atoms with Gasteiger partial charge >= 0.3 is 5.97 Å². The van der Waals surface area contributed by atoms with Crippen LogP contribution in [0.4, 0.5) is 17.1 Å². The molecule has 1 aromatic heterocycles. The van der Waals surface area contributed by atoms with Crippen molar-refractivity contribution in [3.63, 3.8) is 0 Å². The number of carbonyl (C=O) groups is 2. The Kier molecular flexibility index (Phi) is 4.18. The summed E-state index contributed by atoms with van der Waals surface area (Å²) in [6, 6.07) is 8.69. The third kappa shape index (κ3) is 3.79. The Hall–Kier alpha value is -2.89. The van der Waals surface area contributed by atoms with Gasteiger partial charge in [0.15, 0.2) is 0 Å². The number of amides is 1. The largest absolute Gasteiger partial charge is 0.478 e. The zero-order valence-corrected chi connectivity index (χ0v) is 11.7. The molecule has 21 heavy (non-hydrogen) atoms. The van der Waals surface area contributed by atoms with E-state index in [0.29, 0.717) is 22.8 Å². The highest BCUT2D eigenvalue weighted by Gasteiger charge is 2.11. The van der Waals surface area contributed by atoms with Crippen molar-refractivity contribution in [2.75, 3.05) is 10.6 Å². The fourth-order valence-electron chi connectivity index (χ4n) is 1.87. The quantitative estimate of drug-likeness (QED) is 0.803. The lowest BCUT2D eigenvalue weighted by Crippen LogP contribution is -2.07. The van der Waals surface area contributed by atoms with Crippen molar-refractivity contribution in [2.45, 2.75) is 13.8 Å². The van der Waals surface area contributed by atoms with Gasteiger partial charge in [0.25, 0.3) is 0 Å². The lowest BCUT2D eigenvalue weighted by molar-refractivity contribution is -0.114. The lowest BCUT2D eigenvalue weighted by Gasteiger charge is -2.11. The summed E-state index contributed by atoms with van der Waals surface area (Å²) in [6.45, 7) is 3.21. The number of nitrogens with zero attached hydrogens (tertiary/aromatic N) is 1. The van der Waals surface area contributed by atoms with Gasteiger partial charge in [0.2, 0.25) is 5.91 Å². The van der Waals surface area contributed by atoms with Crippen LogP contribution in [0.5, 0.6) is 0 Å². The number of carboxylic acid groups (broad SMARTS) is 1. The maximum atomic E-state index is 11.2. The van der Waals surface area contributed by atoms with Crippen LogP contribution in [-0.2, 0) is 4.79 Å². The van der Waals surface area contributed by atoms with Crippen LogP contribution in [0.2, 0.25) is 0 Å². The van der Waals surface area contributed by atoms with Crippen LogP contribution in [0.3, 0.4) is 0 Å². The third-order valence-corrected chi connectivity index (χ3v) is 2.73. The van der Waals surface area contributed by atoms with E-state index in [1.807, 2.05) is 0 Å². The van der Waals surface area contributed by atoms with Crippen LogP contribution in [0, 0.1) is 6.92 Å². The van der Waals surface area contributed by atoms with Gasteiger partial charge in [-0.1, -0.05) is 6.07 Å². The predicted octanol–water partition coefficient (Wildman–Crippen LogP) is 2.79. The SMILES string of the molecule is CC(=O)Nc1cccc(Nc2cc(C)ncc2C(=O)O)c1. The van der Waals surface area contributed by atoms with Crippen molar-refractivity contribution in [3.8, 4) is 0 Å². The number of anilines is 3. The summed E-state index contributed by atoms with van der Waals surface area (Å²) in [5.41, 5.74) is 2.56. The predicted molar refractivity (Wildman–Crippen MR) is 80.0 cm³/mol. The standard InChI is InChI=1S/C15H15N3O3/c1-9-6-14(13(8-16-9)15(20)21)18-12-5-3-4-11(7-12)17-10(2)19/h3-8H,1-2H3,(H,16,18)(H,17,19)(H,20,21). The molecule has 0 aliphatic rings. The number of aromatic carboxylic acids is 1. The first-order valence-electron chi connectivity index (χ1n) is 6.30. The molecule has 0 fully saturated rings. The van der Waals surface area contributed by atoms with Gasteiger partial charge in [-0.15, -0.1) is 0 Å². The first-order chi connectivity index (χ1) is 9.95. The van der Waals surface area contributed by atoms with E-state index >= 15 is 0 Å². The molecule has 108 valence electrons. The molecule has 1 aromatic carbocycles. The van der Waals surface area contributed by atoms with Crippen LogP contribution in [0.1, 0.15) is 23.0 Å². The molecule has 0 radical (unpaired) electrons. The van der Waals surface area contributed by atoms with Crippen molar-refractivity contribution in [3.05, 3.63) is 47.8 Å². The number of hydrogen-bond acceptors (Lipinski definition) is 4. The van der Waals surface area contributed by atoms with E-state index < -0.39 is 5.97 Å². The maximum absolute atomic E-state index is 11.2. The number of nitrogens with one attached hydrogen (secondary N) is 2. The Bertz CT molecular complexity index is 698. The topological polar surface area (TPSA) is 91.3 Å². The zero-order chi connectivity index (χ0) is 15.4. The monoisotopic (exact) mass is 285 g/mol. The maximum Gasteiger partial charge on any atom is 0.339 e. The summed E-state index contributed by atoms with van der Waals surface area (Å²) in [5.74, 6) is -1.22. The highest BCUT2D eigenvalue weighted by Crippen LogP contribution is 2.23. The number of carbonyl (C=O) groups excluding carboxylic acids is 1. The van der Waals surface area contributed by atoms with Crippen molar-refractivity contribution < 1.29 is 14.7 Å². The summed E-state index contributed by atoms with van der Waals surface area (Å²) in [6.07, 6.45) is 1.32. The van der Waals surface area contributed by atoms with E-state index in [9.17, 15) is 14.7 Å². The van der Waals surface area contributed by atoms with Crippen LogP contribution in [0.15, 0.2) is 36.5 Å². The molecule has 0 aliphatic heterocycles. The van der Waals surface area contributed by atoms with Gasteiger partial charge in [-0.25, -0.2) is 4.79 Å². The molecular formula is C15H15N3O3. The molecule has 6 heteroatoms. The van der Waals surface area contributed by atoms with Gasteiger partial charge < -0.3 is 15.7 Å². The zero-order valence-electron chi connectivity index (χ0n) is 11.7. The number of aryl methyl sites for hydroxylation is 1. The molecule has 0 bridgehead atoms. The van der Waals surface area contributed by atoms with E-state index in [-0.39, 0.29) is 11.5 Å². The molecule has 2 aromatic rings. The van der Waals surface area contributed by atoms with E-state index in [2.05, 4.69) is 15.6 Å². The Morgan fingerprint density at radius 2 is 1.90 bits per heavy atom. The van der Waals surface area contributed by atoms with Crippen molar-refractivity contribution >= 4 is 28.9 Å². The van der Waals surface area contributed by atoms with Gasteiger partial charge in [0.05, 0.1) is 5.69 Å². The second-order valence-corrected chi connectivity index (χ2v) is 4.56. The second kappa shape index (κ2) is 6.04. The smallest absolute Gasteiger partial charge is 0.339 e. The Balaban J connectivity index is 2.31. The average molecular weight is 285 g/mol. The molecule has 0 saturated carbocycles. The molecule has 3 N–H and O–H groups in total. The number of aromatic nitrogens is 1. The summed E-state index contributed by atoms with van der Waals surface area (Å²) in [7, 11) is 0. The third-order valence-electron chi connectivity index (χ3n) is 2.73. The summed E-state index contributed by atoms with van der Waals surface area (Å²) < 4.78 is 0. The van der Waals surface area contributed by atoms with E-state index in [4.69, 9.17) is 0 Å². The first kappa shape index (κ1) is 14.5. The Morgan fingerprint density at radius 3 is 2.57 bits per heavy atom. The van der Waals surface area contributed by atoms with Crippen LogP contribution in [-0.4, -0.2) is 22.0 Å². The highest BCUT2D eigenvalue weighted by atomic mass is 16.4. The Labute approximate surface area is 121 Å². The van der Waals surface area contributed by atoms with Gasteiger partial charge in [-0.2, -0.15) is 0 Å². The molecule has 0 spiro atoms. The lowest BCUT2D eigenvalue weighted by atomic mass is 10.2. The number of rotatable bonds is 4. The van der Waals surface area contributed by atoms with Gasteiger partial charge in [0, 0.05) is 30.2 Å². The molecule has 2 rings (SSSR count). The molecule has 0 unspecified atom stereocenters. The summed E-state index contributed by atoms with van der Waals surface area (Å²) in [4.78, 5) is 26.2. The van der Waals surface area contributed by atoms with Gasteiger partial charge in [0.1, 0.15) is 5.56 Å². The van der Waals surface area contributed by atoms with Crippen LogP contribution >= 0.6 is 0 Å².